The van der Waals surface area contributed by atoms with E-state index in [4.69, 9.17) is 0 Å². The topological polar surface area (TPSA) is 67.3 Å². The summed E-state index contributed by atoms with van der Waals surface area (Å²) in [6.45, 7) is 2.70. The number of hydrogen-bond acceptors (Lipinski definition) is 5. The van der Waals surface area contributed by atoms with Crippen LogP contribution < -0.4 is 0 Å². The molecule has 1 fully saturated rings. The number of thiazole rings is 1. The van der Waals surface area contributed by atoms with Gasteiger partial charge in [0, 0.05) is 24.4 Å². The minimum atomic E-state index is -3.01. The third-order valence-corrected chi connectivity index (χ3v) is 7.50. The SMILES string of the molecule is CCCCN(C(=O)Cc1csc(Cc2ccccc2)n1)C1CCS(=O)(=O)C1. The summed E-state index contributed by atoms with van der Waals surface area (Å²) in [7, 11) is -3.01. The van der Waals surface area contributed by atoms with Crippen LogP contribution in [0.3, 0.4) is 0 Å². The molecule has 1 atom stereocenters. The highest BCUT2D eigenvalue weighted by Gasteiger charge is 2.34. The maximum Gasteiger partial charge on any atom is 0.228 e. The van der Waals surface area contributed by atoms with E-state index in [2.05, 4.69) is 24.0 Å². The lowest BCUT2D eigenvalue weighted by atomic mass is 10.1. The number of amides is 1. The van der Waals surface area contributed by atoms with Crippen molar-refractivity contribution in [3.8, 4) is 0 Å². The van der Waals surface area contributed by atoms with Crippen molar-refractivity contribution in [1.82, 2.24) is 9.88 Å². The highest BCUT2D eigenvalue weighted by Crippen LogP contribution is 2.21. The fraction of sp³-hybridized carbons (Fsp3) is 0.500. The van der Waals surface area contributed by atoms with E-state index in [1.54, 1.807) is 16.2 Å². The highest BCUT2D eigenvalue weighted by atomic mass is 32.2. The summed E-state index contributed by atoms with van der Waals surface area (Å²) in [5.41, 5.74) is 1.98. The van der Waals surface area contributed by atoms with Gasteiger partial charge in [-0.05, 0) is 18.4 Å². The zero-order valence-corrected chi connectivity index (χ0v) is 17.3. The number of rotatable bonds is 8. The summed E-state index contributed by atoms with van der Waals surface area (Å²) in [5.74, 6) is 0.270. The molecule has 3 rings (SSSR count). The molecular formula is C20H26N2O3S2. The molecule has 0 bridgehead atoms. The lowest BCUT2D eigenvalue weighted by Crippen LogP contribution is -2.42. The third kappa shape index (κ3) is 5.62. The van der Waals surface area contributed by atoms with Gasteiger partial charge >= 0.3 is 0 Å². The molecule has 1 unspecified atom stereocenters. The van der Waals surface area contributed by atoms with Gasteiger partial charge in [0.05, 0.1) is 28.6 Å². The first-order valence-electron chi connectivity index (χ1n) is 9.44. The standard InChI is InChI=1S/C20H26N2O3S2/c1-2-3-10-22(18-9-11-27(24,25)15-18)20(23)13-17-14-26-19(21-17)12-16-7-5-4-6-8-16/h4-8,14,18H,2-3,9-13,15H2,1H3. The monoisotopic (exact) mass is 406 g/mol. The van der Waals surface area contributed by atoms with Gasteiger partial charge in [0.1, 0.15) is 0 Å². The smallest absolute Gasteiger partial charge is 0.228 e. The first-order chi connectivity index (χ1) is 13.0. The van der Waals surface area contributed by atoms with E-state index >= 15 is 0 Å². The molecular weight excluding hydrogens is 380 g/mol. The van der Waals surface area contributed by atoms with E-state index in [0.717, 1.165) is 30.0 Å². The van der Waals surface area contributed by atoms with Crippen molar-refractivity contribution in [2.45, 2.75) is 45.1 Å². The molecule has 0 saturated carbocycles. The largest absolute Gasteiger partial charge is 0.338 e. The zero-order valence-electron chi connectivity index (χ0n) is 15.6. The predicted octanol–water partition coefficient (Wildman–Crippen LogP) is 3.09. The summed E-state index contributed by atoms with van der Waals surface area (Å²) in [6.07, 6.45) is 3.42. The quantitative estimate of drug-likeness (QED) is 0.676. The van der Waals surface area contributed by atoms with Gasteiger partial charge in [-0.25, -0.2) is 13.4 Å². The van der Waals surface area contributed by atoms with Gasteiger partial charge in [-0.3, -0.25) is 4.79 Å². The van der Waals surface area contributed by atoms with Gasteiger partial charge in [-0.2, -0.15) is 0 Å². The molecule has 0 aliphatic carbocycles. The maximum atomic E-state index is 12.9. The Kier molecular flexibility index (Phi) is 6.65. The Morgan fingerprint density at radius 1 is 1.30 bits per heavy atom. The van der Waals surface area contributed by atoms with Crippen LogP contribution in [0.15, 0.2) is 35.7 Å². The van der Waals surface area contributed by atoms with Crippen LogP contribution in [-0.4, -0.2) is 48.3 Å². The summed E-state index contributed by atoms with van der Waals surface area (Å²) in [5, 5.41) is 2.94. The number of sulfone groups is 1. The average Bonchev–Trinajstić information content (AvgIpc) is 3.22. The Labute approximate surface area is 165 Å². The summed E-state index contributed by atoms with van der Waals surface area (Å²) >= 11 is 1.57. The van der Waals surface area contributed by atoms with Crippen LogP contribution in [0.2, 0.25) is 0 Å². The maximum absolute atomic E-state index is 12.9. The van der Waals surface area contributed by atoms with Crippen LogP contribution in [0.1, 0.15) is 42.5 Å². The van der Waals surface area contributed by atoms with Crippen molar-refractivity contribution in [3.05, 3.63) is 52.0 Å². The molecule has 1 saturated heterocycles. The molecule has 2 aromatic rings. The van der Waals surface area contributed by atoms with E-state index in [0.29, 0.717) is 13.0 Å². The lowest BCUT2D eigenvalue weighted by molar-refractivity contribution is -0.132. The molecule has 0 radical (unpaired) electrons. The van der Waals surface area contributed by atoms with Crippen molar-refractivity contribution in [1.29, 1.82) is 0 Å². The predicted molar refractivity (Wildman–Crippen MR) is 109 cm³/mol. The Balaban J connectivity index is 1.64. The molecule has 27 heavy (non-hydrogen) atoms. The van der Waals surface area contributed by atoms with Gasteiger partial charge in [0.15, 0.2) is 9.84 Å². The van der Waals surface area contributed by atoms with Crippen LogP contribution in [0.25, 0.3) is 0 Å². The van der Waals surface area contributed by atoms with Crippen molar-refractivity contribution in [2.75, 3.05) is 18.1 Å². The molecule has 7 heteroatoms. The second-order valence-electron chi connectivity index (χ2n) is 7.07. The van der Waals surface area contributed by atoms with Gasteiger partial charge < -0.3 is 4.90 Å². The van der Waals surface area contributed by atoms with Gasteiger partial charge in [-0.15, -0.1) is 11.3 Å². The molecule has 0 N–H and O–H groups in total. The average molecular weight is 407 g/mol. The molecule has 1 aliphatic heterocycles. The number of hydrogen-bond donors (Lipinski definition) is 0. The molecule has 5 nitrogen and oxygen atoms in total. The van der Waals surface area contributed by atoms with Crippen molar-refractivity contribution in [2.24, 2.45) is 0 Å². The Morgan fingerprint density at radius 3 is 2.74 bits per heavy atom. The molecule has 1 aromatic heterocycles. The fourth-order valence-electron chi connectivity index (χ4n) is 3.40. The summed E-state index contributed by atoms with van der Waals surface area (Å²) in [4.78, 5) is 19.3. The summed E-state index contributed by atoms with van der Waals surface area (Å²) < 4.78 is 23.7. The van der Waals surface area contributed by atoms with Crippen LogP contribution in [0.4, 0.5) is 0 Å². The van der Waals surface area contributed by atoms with E-state index in [9.17, 15) is 13.2 Å². The van der Waals surface area contributed by atoms with Gasteiger partial charge in [0.2, 0.25) is 5.91 Å². The Bertz CT molecular complexity index is 862. The van der Waals surface area contributed by atoms with Crippen molar-refractivity contribution >= 4 is 27.1 Å². The van der Waals surface area contributed by atoms with Crippen LogP contribution >= 0.6 is 11.3 Å². The zero-order chi connectivity index (χ0) is 19.3. The number of unbranched alkanes of at least 4 members (excludes halogenated alkanes) is 1. The molecule has 146 valence electrons. The minimum Gasteiger partial charge on any atom is -0.338 e. The molecule has 0 spiro atoms. The van der Waals surface area contributed by atoms with Crippen LogP contribution in [-0.2, 0) is 27.5 Å². The molecule has 1 amide bonds. The van der Waals surface area contributed by atoms with E-state index in [1.165, 1.54) is 5.56 Å². The van der Waals surface area contributed by atoms with E-state index in [-0.39, 0.29) is 29.9 Å². The number of aromatic nitrogens is 1. The van der Waals surface area contributed by atoms with E-state index < -0.39 is 9.84 Å². The molecule has 1 aromatic carbocycles. The lowest BCUT2D eigenvalue weighted by Gasteiger charge is -2.28. The highest BCUT2D eigenvalue weighted by molar-refractivity contribution is 7.91. The number of carbonyl (C=O) groups excluding carboxylic acids is 1. The number of carbonyl (C=O) groups is 1. The van der Waals surface area contributed by atoms with Crippen LogP contribution in [0.5, 0.6) is 0 Å². The number of nitrogens with zero attached hydrogens (tertiary/aromatic N) is 2. The van der Waals surface area contributed by atoms with Crippen molar-refractivity contribution < 1.29 is 13.2 Å². The first-order valence-corrected chi connectivity index (χ1v) is 12.1. The Hall–Kier alpha value is -1.73. The second kappa shape index (κ2) is 8.97. The van der Waals surface area contributed by atoms with Crippen molar-refractivity contribution in [3.63, 3.8) is 0 Å². The fourth-order valence-corrected chi connectivity index (χ4v) is 5.96. The normalized spacial score (nSPS) is 18.5. The van der Waals surface area contributed by atoms with Gasteiger partial charge in [-0.1, -0.05) is 43.7 Å². The van der Waals surface area contributed by atoms with Crippen LogP contribution in [0, 0.1) is 0 Å². The molecule has 1 aliphatic rings. The summed E-state index contributed by atoms with van der Waals surface area (Å²) in [6, 6.07) is 9.96. The van der Waals surface area contributed by atoms with Gasteiger partial charge in [0.25, 0.3) is 0 Å². The second-order valence-corrected chi connectivity index (χ2v) is 10.2. The number of benzene rings is 1. The Morgan fingerprint density at radius 2 is 2.07 bits per heavy atom. The van der Waals surface area contributed by atoms with E-state index in [1.807, 2.05) is 23.6 Å². The minimum absolute atomic E-state index is 0.0119. The molecule has 2 heterocycles. The first kappa shape index (κ1) is 20.0. The third-order valence-electron chi connectivity index (χ3n) is 4.85.